The molecule has 2 aliphatic rings. The third-order valence-electron chi connectivity index (χ3n) is 3.98. The van der Waals surface area contributed by atoms with Gasteiger partial charge in [-0.3, -0.25) is 0 Å². The SMILES string of the molecule is Cc1nc(NC2CCCC2)cc(C2CCCN2)n1. The normalized spacial score (nSPS) is 24.6. The van der Waals surface area contributed by atoms with Crippen LogP contribution >= 0.6 is 0 Å². The second kappa shape index (κ2) is 5.22. The molecule has 0 radical (unpaired) electrons. The van der Waals surface area contributed by atoms with E-state index >= 15 is 0 Å². The van der Waals surface area contributed by atoms with E-state index in [0.717, 1.165) is 23.9 Å². The van der Waals surface area contributed by atoms with Crippen molar-refractivity contribution in [3.05, 3.63) is 17.6 Å². The molecule has 18 heavy (non-hydrogen) atoms. The van der Waals surface area contributed by atoms with Gasteiger partial charge in [0.05, 0.1) is 5.69 Å². The molecule has 1 aliphatic heterocycles. The third kappa shape index (κ3) is 2.64. The van der Waals surface area contributed by atoms with E-state index in [0.29, 0.717) is 12.1 Å². The van der Waals surface area contributed by atoms with Gasteiger partial charge in [0.1, 0.15) is 11.6 Å². The molecule has 3 rings (SSSR count). The molecule has 2 fully saturated rings. The van der Waals surface area contributed by atoms with Crippen LogP contribution in [0.3, 0.4) is 0 Å². The van der Waals surface area contributed by atoms with Crippen molar-refractivity contribution in [3.8, 4) is 0 Å². The predicted molar refractivity (Wildman–Crippen MR) is 72.6 cm³/mol. The van der Waals surface area contributed by atoms with Crippen molar-refractivity contribution < 1.29 is 0 Å². The summed E-state index contributed by atoms with van der Waals surface area (Å²) in [5.74, 6) is 1.89. The van der Waals surface area contributed by atoms with Crippen molar-refractivity contribution >= 4 is 5.82 Å². The highest BCUT2D eigenvalue weighted by atomic mass is 15.1. The molecule has 1 saturated carbocycles. The van der Waals surface area contributed by atoms with Crippen LogP contribution in [0.5, 0.6) is 0 Å². The third-order valence-corrected chi connectivity index (χ3v) is 3.98. The number of rotatable bonds is 3. The number of nitrogens with zero attached hydrogens (tertiary/aromatic N) is 2. The van der Waals surface area contributed by atoms with Crippen LogP contribution in [-0.2, 0) is 0 Å². The smallest absolute Gasteiger partial charge is 0.130 e. The summed E-state index contributed by atoms with van der Waals surface area (Å²) in [6, 6.07) is 3.17. The average Bonchev–Trinajstić information content (AvgIpc) is 3.00. The van der Waals surface area contributed by atoms with Crippen LogP contribution in [0.4, 0.5) is 5.82 Å². The van der Waals surface area contributed by atoms with E-state index in [2.05, 4.69) is 26.7 Å². The van der Waals surface area contributed by atoms with Crippen LogP contribution in [0.25, 0.3) is 0 Å². The first-order valence-electron chi connectivity index (χ1n) is 7.17. The Morgan fingerprint density at radius 1 is 1.17 bits per heavy atom. The van der Waals surface area contributed by atoms with Gasteiger partial charge in [0.15, 0.2) is 0 Å². The van der Waals surface area contributed by atoms with Crippen molar-refractivity contribution in [1.82, 2.24) is 15.3 Å². The molecular formula is C14H22N4. The van der Waals surface area contributed by atoms with Gasteiger partial charge in [-0.05, 0) is 39.2 Å². The zero-order valence-electron chi connectivity index (χ0n) is 11.1. The highest BCUT2D eigenvalue weighted by Crippen LogP contribution is 2.25. The molecule has 4 heteroatoms. The Kier molecular flexibility index (Phi) is 3.46. The molecule has 2 heterocycles. The van der Waals surface area contributed by atoms with E-state index in [1.54, 1.807) is 0 Å². The molecule has 0 amide bonds. The molecular weight excluding hydrogens is 224 g/mol. The van der Waals surface area contributed by atoms with Gasteiger partial charge < -0.3 is 10.6 Å². The van der Waals surface area contributed by atoms with Crippen molar-refractivity contribution in [2.45, 2.75) is 57.5 Å². The molecule has 1 saturated heterocycles. The van der Waals surface area contributed by atoms with Crippen LogP contribution in [0, 0.1) is 6.92 Å². The largest absolute Gasteiger partial charge is 0.367 e. The molecule has 0 bridgehead atoms. The van der Waals surface area contributed by atoms with Gasteiger partial charge in [0.25, 0.3) is 0 Å². The summed E-state index contributed by atoms with van der Waals surface area (Å²) in [5.41, 5.74) is 1.15. The lowest BCUT2D eigenvalue weighted by molar-refractivity contribution is 0.622. The fraction of sp³-hybridized carbons (Fsp3) is 0.714. The number of nitrogens with one attached hydrogen (secondary N) is 2. The van der Waals surface area contributed by atoms with Gasteiger partial charge in [-0.15, -0.1) is 0 Å². The lowest BCUT2D eigenvalue weighted by atomic mass is 10.1. The van der Waals surface area contributed by atoms with Crippen molar-refractivity contribution in [2.75, 3.05) is 11.9 Å². The molecule has 4 nitrogen and oxygen atoms in total. The highest BCUT2D eigenvalue weighted by molar-refractivity contribution is 5.38. The second-order valence-electron chi connectivity index (χ2n) is 5.50. The van der Waals surface area contributed by atoms with E-state index in [1.807, 2.05) is 6.92 Å². The number of anilines is 1. The number of hydrogen-bond donors (Lipinski definition) is 2. The summed E-state index contributed by atoms with van der Waals surface area (Å²) in [6.07, 6.45) is 7.69. The summed E-state index contributed by atoms with van der Waals surface area (Å²) in [4.78, 5) is 9.10. The first kappa shape index (κ1) is 11.9. The lowest BCUT2D eigenvalue weighted by Crippen LogP contribution is -2.19. The Balaban J connectivity index is 1.76. The zero-order valence-corrected chi connectivity index (χ0v) is 11.1. The van der Waals surface area contributed by atoms with Gasteiger partial charge in [-0.1, -0.05) is 12.8 Å². The minimum Gasteiger partial charge on any atom is -0.367 e. The van der Waals surface area contributed by atoms with Gasteiger partial charge in [0, 0.05) is 18.2 Å². The first-order valence-corrected chi connectivity index (χ1v) is 7.17. The summed E-state index contributed by atoms with van der Waals surface area (Å²) in [7, 11) is 0. The topological polar surface area (TPSA) is 49.8 Å². The molecule has 1 aromatic rings. The Morgan fingerprint density at radius 2 is 2.00 bits per heavy atom. The van der Waals surface area contributed by atoms with Crippen LogP contribution in [-0.4, -0.2) is 22.6 Å². The van der Waals surface area contributed by atoms with Gasteiger partial charge >= 0.3 is 0 Å². The lowest BCUT2D eigenvalue weighted by Gasteiger charge is -2.16. The molecule has 98 valence electrons. The fourth-order valence-corrected chi connectivity index (χ4v) is 3.06. The van der Waals surface area contributed by atoms with Crippen molar-refractivity contribution in [1.29, 1.82) is 0 Å². The molecule has 1 aromatic heterocycles. The summed E-state index contributed by atoms with van der Waals surface area (Å²) < 4.78 is 0. The molecule has 1 atom stereocenters. The van der Waals surface area contributed by atoms with Crippen molar-refractivity contribution in [3.63, 3.8) is 0 Å². The molecule has 1 aliphatic carbocycles. The maximum absolute atomic E-state index is 4.58. The Bertz CT molecular complexity index is 406. The van der Waals surface area contributed by atoms with Gasteiger partial charge in [0.2, 0.25) is 0 Å². The van der Waals surface area contributed by atoms with E-state index in [9.17, 15) is 0 Å². The van der Waals surface area contributed by atoms with E-state index < -0.39 is 0 Å². The van der Waals surface area contributed by atoms with Crippen LogP contribution in [0.15, 0.2) is 6.07 Å². The quantitative estimate of drug-likeness (QED) is 0.860. The van der Waals surface area contributed by atoms with Gasteiger partial charge in [-0.25, -0.2) is 9.97 Å². The van der Waals surface area contributed by atoms with Crippen LogP contribution in [0.2, 0.25) is 0 Å². The summed E-state index contributed by atoms with van der Waals surface area (Å²) in [5, 5.41) is 7.07. The minimum atomic E-state index is 0.427. The first-order chi connectivity index (χ1) is 8.81. The predicted octanol–water partition coefficient (Wildman–Crippen LogP) is 2.56. The van der Waals surface area contributed by atoms with Crippen LogP contribution < -0.4 is 10.6 Å². The van der Waals surface area contributed by atoms with E-state index in [4.69, 9.17) is 0 Å². The van der Waals surface area contributed by atoms with Crippen molar-refractivity contribution in [2.24, 2.45) is 0 Å². The Hall–Kier alpha value is -1.16. The molecule has 0 spiro atoms. The summed E-state index contributed by atoms with van der Waals surface area (Å²) >= 11 is 0. The number of hydrogen-bond acceptors (Lipinski definition) is 4. The Morgan fingerprint density at radius 3 is 2.72 bits per heavy atom. The molecule has 2 N–H and O–H groups in total. The zero-order chi connectivity index (χ0) is 12.4. The minimum absolute atomic E-state index is 0.427. The monoisotopic (exact) mass is 246 g/mol. The summed E-state index contributed by atoms with van der Waals surface area (Å²) in [6.45, 7) is 3.09. The second-order valence-corrected chi connectivity index (χ2v) is 5.50. The van der Waals surface area contributed by atoms with Crippen LogP contribution in [0.1, 0.15) is 56.1 Å². The number of aromatic nitrogens is 2. The fourth-order valence-electron chi connectivity index (χ4n) is 3.06. The maximum atomic E-state index is 4.58. The molecule has 1 unspecified atom stereocenters. The average molecular weight is 246 g/mol. The van der Waals surface area contributed by atoms with E-state index in [1.165, 1.54) is 38.5 Å². The Labute approximate surface area is 109 Å². The maximum Gasteiger partial charge on any atom is 0.130 e. The highest BCUT2D eigenvalue weighted by Gasteiger charge is 2.20. The number of aryl methyl sites for hydroxylation is 1. The standard InChI is InChI=1S/C14H22N4/c1-10-16-13(12-7-4-8-15-12)9-14(17-10)18-11-5-2-3-6-11/h9,11-12,15H,2-8H2,1H3,(H,16,17,18). The van der Waals surface area contributed by atoms with Gasteiger partial charge in [-0.2, -0.15) is 0 Å². The van der Waals surface area contributed by atoms with E-state index in [-0.39, 0.29) is 0 Å². The molecule has 0 aromatic carbocycles.